The molecule has 150 valence electrons. The molecule has 1 aromatic heterocycles. The highest BCUT2D eigenvalue weighted by atomic mass is 16.5. The van der Waals surface area contributed by atoms with E-state index in [9.17, 15) is 9.59 Å². The van der Waals surface area contributed by atoms with Gasteiger partial charge in [-0.2, -0.15) is 5.10 Å². The second-order valence-electron chi connectivity index (χ2n) is 7.32. The van der Waals surface area contributed by atoms with E-state index in [4.69, 9.17) is 4.74 Å². The summed E-state index contributed by atoms with van der Waals surface area (Å²) in [6.45, 7) is 5.36. The number of benzene rings is 1. The first-order valence-electron chi connectivity index (χ1n) is 9.66. The minimum absolute atomic E-state index is 0.0292. The molecule has 2 heterocycles. The SMILES string of the molecule is COCCN1C(=O)CC[C@@H](C(=O)NCc2cn[nH]c2-c2ccc(C)cc2)[C@H]1C. The lowest BCUT2D eigenvalue weighted by Gasteiger charge is -2.38. The Morgan fingerprint density at radius 3 is 2.82 bits per heavy atom. The summed E-state index contributed by atoms with van der Waals surface area (Å²) in [6, 6.07) is 8.03. The van der Waals surface area contributed by atoms with Gasteiger partial charge in [0.05, 0.1) is 24.4 Å². The molecule has 3 rings (SSSR count). The van der Waals surface area contributed by atoms with Crippen LogP contribution in [-0.4, -0.2) is 53.2 Å². The van der Waals surface area contributed by atoms with Crippen LogP contribution >= 0.6 is 0 Å². The number of aromatic nitrogens is 2. The molecule has 0 radical (unpaired) electrons. The summed E-state index contributed by atoms with van der Waals surface area (Å²) in [5.41, 5.74) is 4.08. The van der Waals surface area contributed by atoms with Crippen LogP contribution in [0.4, 0.5) is 0 Å². The summed E-state index contributed by atoms with van der Waals surface area (Å²) in [7, 11) is 1.61. The number of carbonyl (C=O) groups is 2. The molecule has 0 unspecified atom stereocenters. The van der Waals surface area contributed by atoms with Gasteiger partial charge in [0.25, 0.3) is 0 Å². The van der Waals surface area contributed by atoms with Crippen molar-refractivity contribution >= 4 is 11.8 Å². The maximum atomic E-state index is 12.8. The molecule has 2 atom stereocenters. The van der Waals surface area contributed by atoms with Gasteiger partial charge >= 0.3 is 0 Å². The lowest BCUT2D eigenvalue weighted by Crippen LogP contribution is -2.52. The number of amides is 2. The molecule has 1 saturated heterocycles. The van der Waals surface area contributed by atoms with Crippen molar-refractivity contribution < 1.29 is 14.3 Å². The fraction of sp³-hybridized carbons (Fsp3) is 0.476. The highest BCUT2D eigenvalue weighted by Gasteiger charge is 2.36. The molecule has 0 saturated carbocycles. The molecule has 7 nitrogen and oxygen atoms in total. The van der Waals surface area contributed by atoms with Crippen molar-refractivity contribution in [2.45, 2.75) is 39.3 Å². The first-order valence-corrected chi connectivity index (χ1v) is 9.66. The highest BCUT2D eigenvalue weighted by Crippen LogP contribution is 2.25. The Morgan fingerprint density at radius 1 is 1.36 bits per heavy atom. The van der Waals surface area contributed by atoms with Crippen LogP contribution in [0.5, 0.6) is 0 Å². The molecule has 1 aromatic carbocycles. The van der Waals surface area contributed by atoms with E-state index in [1.165, 1.54) is 5.56 Å². The van der Waals surface area contributed by atoms with Crippen LogP contribution in [-0.2, 0) is 20.9 Å². The topological polar surface area (TPSA) is 87.3 Å². The molecular formula is C21H28N4O3. The highest BCUT2D eigenvalue weighted by molar-refractivity contribution is 5.84. The van der Waals surface area contributed by atoms with Gasteiger partial charge in [-0.15, -0.1) is 0 Å². The quantitative estimate of drug-likeness (QED) is 0.767. The Bertz CT molecular complexity index is 815. The fourth-order valence-electron chi connectivity index (χ4n) is 3.70. The van der Waals surface area contributed by atoms with E-state index in [0.29, 0.717) is 32.5 Å². The lowest BCUT2D eigenvalue weighted by molar-refractivity contribution is -0.143. The maximum Gasteiger partial charge on any atom is 0.225 e. The standard InChI is InChI=1S/C21H28N4O3/c1-14-4-6-16(7-5-14)20-17(13-23-24-20)12-22-21(27)18-8-9-19(26)25(15(18)2)10-11-28-3/h4-7,13,15,18H,8-12H2,1-3H3,(H,22,27)(H,23,24)/t15-,18-/m1/s1. The number of carbonyl (C=O) groups excluding carboxylic acids is 2. The largest absolute Gasteiger partial charge is 0.383 e. The molecule has 0 aliphatic carbocycles. The second-order valence-corrected chi connectivity index (χ2v) is 7.32. The third-order valence-corrected chi connectivity index (χ3v) is 5.45. The number of methoxy groups -OCH3 is 1. The van der Waals surface area contributed by atoms with Crippen LogP contribution in [0.3, 0.4) is 0 Å². The van der Waals surface area contributed by atoms with Crippen LogP contribution in [0, 0.1) is 12.8 Å². The summed E-state index contributed by atoms with van der Waals surface area (Å²) in [5.74, 6) is -0.159. The third-order valence-electron chi connectivity index (χ3n) is 5.45. The predicted octanol–water partition coefficient (Wildman–Crippen LogP) is 2.27. The number of hydrogen-bond donors (Lipinski definition) is 2. The number of H-pyrrole nitrogens is 1. The lowest BCUT2D eigenvalue weighted by atomic mass is 9.89. The van der Waals surface area contributed by atoms with Crippen LogP contribution in [0.1, 0.15) is 30.9 Å². The van der Waals surface area contributed by atoms with Crippen molar-refractivity contribution in [3.05, 3.63) is 41.6 Å². The van der Waals surface area contributed by atoms with Crippen molar-refractivity contribution in [1.82, 2.24) is 20.4 Å². The molecule has 2 amide bonds. The summed E-state index contributed by atoms with van der Waals surface area (Å²) in [4.78, 5) is 26.7. The van der Waals surface area contributed by atoms with E-state index >= 15 is 0 Å². The number of piperidine rings is 1. The molecular weight excluding hydrogens is 356 g/mol. The minimum atomic E-state index is -0.218. The molecule has 0 spiro atoms. The zero-order valence-corrected chi connectivity index (χ0v) is 16.7. The zero-order valence-electron chi connectivity index (χ0n) is 16.7. The Balaban J connectivity index is 1.64. The molecule has 0 bridgehead atoms. The Morgan fingerprint density at radius 2 is 2.11 bits per heavy atom. The van der Waals surface area contributed by atoms with Gasteiger partial charge in [0.2, 0.25) is 11.8 Å². The molecule has 2 aromatic rings. The van der Waals surface area contributed by atoms with E-state index in [-0.39, 0.29) is 23.8 Å². The minimum Gasteiger partial charge on any atom is -0.383 e. The maximum absolute atomic E-state index is 12.8. The number of nitrogens with one attached hydrogen (secondary N) is 2. The summed E-state index contributed by atoms with van der Waals surface area (Å²) in [6.07, 6.45) is 2.71. The summed E-state index contributed by atoms with van der Waals surface area (Å²) in [5, 5.41) is 10.2. The third kappa shape index (κ3) is 4.42. The molecule has 7 heteroatoms. The average molecular weight is 384 g/mol. The van der Waals surface area contributed by atoms with Crippen molar-refractivity contribution in [1.29, 1.82) is 0 Å². The fourth-order valence-corrected chi connectivity index (χ4v) is 3.70. The van der Waals surface area contributed by atoms with Crippen molar-refractivity contribution in [2.75, 3.05) is 20.3 Å². The van der Waals surface area contributed by atoms with Crippen LogP contribution in [0.25, 0.3) is 11.3 Å². The van der Waals surface area contributed by atoms with Gasteiger partial charge in [-0.25, -0.2) is 0 Å². The van der Waals surface area contributed by atoms with Crippen molar-refractivity contribution in [2.24, 2.45) is 5.92 Å². The molecule has 2 N–H and O–H groups in total. The van der Waals surface area contributed by atoms with Crippen molar-refractivity contribution in [3.8, 4) is 11.3 Å². The Hall–Kier alpha value is -2.67. The van der Waals surface area contributed by atoms with E-state index < -0.39 is 0 Å². The van der Waals surface area contributed by atoms with Gasteiger partial charge in [0.1, 0.15) is 0 Å². The van der Waals surface area contributed by atoms with E-state index in [0.717, 1.165) is 16.8 Å². The van der Waals surface area contributed by atoms with Gasteiger partial charge in [-0.3, -0.25) is 14.7 Å². The monoisotopic (exact) mass is 384 g/mol. The number of hydrogen-bond acceptors (Lipinski definition) is 4. The Kier molecular flexibility index (Phi) is 6.46. The number of nitrogens with zero attached hydrogens (tertiary/aromatic N) is 2. The smallest absolute Gasteiger partial charge is 0.225 e. The van der Waals surface area contributed by atoms with Gasteiger partial charge in [-0.1, -0.05) is 29.8 Å². The van der Waals surface area contributed by atoms with Crippen molar-refractivity contribution in [3.63, 3.8) is 0 Å². The molecule has 1 aliphatic heterocycles. The van der Waals surface area contributed by atoms with E-state index in [1.54, 1.807) is 18.2 Å². The Labute approximate surface area is 165 Å². The number of likely N-dealkylation sites (tertiary alicyclic amines) is 1. The molecule has 28 heavy (non-hydrogen) atoms. The summed E-state index contributed by atoms with van der Waals surface area (Å²) < 4.78 is 5.09. The van der Waals surface area contributed by atoms with Crippen LogP contribution in [0.2, 0.25) is 0 Å². The molecule has 1 aliphatic rings. The van der Waals surface area contributed by atoms with Crippen LogP contribution < -0.4 is 5.32 Å². The van der Waals surface area contributed by atoms with Crippen LogP contribution in [0.15, 0.2) is 30.5 Å². The average Bonchev–Trinajstić information content (AvgIpc) is 3.15. The molecule has 1 fully saturated rings. The first kappa shape index (κ1) is 20.1. The van der Waals surface area contributed by atoms with E-state index in [2.05, 4.69) is 15.5 Å². The van der Waals surface area contributed by atoms with Gasteiger partial charge in [0.15, 0.2) is 0 Å². The van der Waals surface area contributed by atoms with Gasteiger partial charge in [-0.05, 0) is 25.8 Å². The van der Waals surface area contributed by atoms with Gasteiger partial charge < -0.3 is 15.0 Å². The number of aromatic amines is 1. The van der Waals surface area contributed by atoms with E-state index in [1.807, 2.05) is 38.1 Å². The normalized spacial score (nSPS) is 19.7. The number of rotatable bonds is 7. The zero-order chi connectivity index (χ0) is 20.1. The summed E-state index contributed by atoms with van der Waals surface area (Å²) >= 11 is 0. The first-order chi connectivity index (χ1) is 13.5. The predicted molar refractivity (Wildman–Crippen MR) is 106 cm³/mol. The number of aryl methyl sites for hydroxylation is 1. The number of ether oxygens (including phenoxy) is 1. The van der Waals surface area contributed by atoms with Gasteiger partial charge in [0, 0.05) is 38.2 Å². The second kappa shape index (κ2) is 9.01.